The van der Waals surface area contributed by atoms with Crippen LogP contribution in [0, 0.1) is 0 Å². The minimum atomic E-state index is -0.328. The summed E-state index contributed by atoms with van der Waals surface area (Å²) in [5.74, 6) is 0.897. The van der Waals surface area contributed by atoms with Crippen molar-refractivity contribution in [1.82, 2.24) is 10.4 Å². The SMILES string of the molecule is C=CCc1cc(/C=N/NC(=O)c2cc(-c3ccccc3)nc3ccccc23)cc(OC)c1OCc1cccc2ccccc12. The second-order valence-corrected chi connectivity index (χ2v) is 10.3. The molecular formula is C38H31N3O3. The monoisotopic (exact) mass is 577 g/mol. The van der Waals surface area contributed by atoms with Crippen LogP contribution < -0.4 is 14.9 Å². The van der Waals surface area contributed by atoms with Gasteiger partial charge in [-0.1, -0.05) is 97.1 Å². The van der Waals surface area contributed by atoms with Gasteiger partial charge in [0.1, 0.15) is 6.61 Å². The number of hydrogen-bond acceptors (Lipinski definition) is 5. The number of benzene rings is 5. The molecule has 0 aliphatic carbocycles. The van der Waals surface area contributed by atoms with Crippen molar-refractivity contribution in [2.75, 3.05) is 7.11 Å². The van der Waals surface area contributed by atoms with Crippen LogP contribution in [0.4, 0.5) is 0 Å². The van der Waals surface area contributed by atoms with Gasteiger partial charge in [-0.3, -0.25) is 4.79 Å². The first-order valence-electron chi connectivity index (χ1n) is 14.3. The van der Waals surface area contributed by atoms with E-state index in [0.29, 0.717) is 30.1 Å². The van der Waals surface area contributed by atoms with Gasteiger partial charge in [0.15, 0.2) is 11.5 Å². The van der Waals surface area contributed by atoms with E-state index in [2.05, 4.69) is 41.4 Å². The Bertz CT molecular complexity index is 2000. The third kappa shape index (κ3) is 6.05. The summed E-state index contributed by atoms with van der Waals surface area (Å²) in [5.41, 5.74) is 8.32. The third-order valence-corrected chi connectivity index (χ3v) is 7.40. The number of carbonyl (C=O) groups excluding carboxylic acids is 1. The fourth-order valence-corrected chi connectivity index (χ4v) is 5.29. The van der Waals surface area contributed by atoms with Crippen molar-refractivity contribution in [3.8, 4) is 22.8 Å². The maximum absolute atomic E-state index is 13.4. The van der Waals surface area contributed by atoms with Crippen molar-refractivity contribution in [3.63, 3.8) is 0 Å². The number of pyridine rings is 1. The van der Waals surface area contributed by atoms with Crippen LogP contribution in [0.15, 0.2) is 133 Å². The molecule has 216 valence electrons. The number of para-hydroxylation sites is 1. The number of hydrogen-bond donors (Lipinski definition) is 1. The molecule has 0 saturated heterocycles. The molecule has 0 unspecified atom stereocenters. The van der Waals surface area contributed by atoms with Gasteiger partial charge >= 0.3 is 0 Å². The van der Waals surface area contributed by atoms with Crippen LogP contribution in [-0.2, 0) is 13.0 Å². The molecule has 0 aliphatic rings. The molecule has 1 N–H and O–H groups in total. The number of hydrazone groups is 1. The molecule has 0 saturated carbocycles. The lowest BCUT2D eigenvalue weighted by molar-refractivity contribution is 0.0956. The highest BCUT2D eigenvalue weighted by molar-refractivity contribution is 6.07. The first-order chi connectivity index (χ1) is 21.6. The predicted molar refractivity (Wildman–Crippen MR) is 177 cm³/mol. The van der Waals surface area contributed by atoms with Crippen LogP contribution in [0.5, 0.6) is 11.5 Å². The van der Waals surface area contributed by atoms with E-state index >= 15 is 0 Å². The molecule has 0 bridgehead atoms. The van der Waals surface area contributed by atoms with Gasteiger partial charge in [0.2, 0.25) is 0 Å². The van der Waals surface area contributed by atoms with E-state index in [-0.39, 0.29) is 5.91 Å². The van der Waals surface area contributed by atoms with Crippen molar-refractivity contribution in [2.45, 2.75) is 13.0 Å². The molecule has 6 nitrogen and oxygen atoms in total. The molecule has 44 heavy (non-hydrogen) atoms. The smallest absolute Gasteiger partial charge is 0.272 e. The van der Waals surface area contributed by atoms with Crippen LogP contribution in [0.1, 0.15) is 27.0 Å². The summed E-state index contributed by atoms with van der Waals surface area (Å²) >= 11 is 0. The Morgan fingerprint density at radius 3 is 2.43 bits per heavy atom. The van der Waals surface area contributed by atoms with Crippen LogP contribution in [0.2, 0.25) is 0 Å². The lowest BCUT2D eigenvalue weighted by Gasteiger charge is -2.16. The number of carbonyl (C=O) groups is 1. The Labute approximate surface area is 256 Å². The van der Waals surface area contributed by atoms with Gasteiger partial charge in [0.05, 0.1) is 30.1 Å². The summed E-state index contributed by atoms with van der Waals surface area (Å²) in [5, 5.41) is 7.36. The summed E-state index contributed by atoms with van der Waals surface area (Å²) in [6.45, 7) is 4.31. The van der Waals surface area contributed by atoms with Crippen molar-refractivity contribution in [2.24, 2.45) is 5.10 Å². The normalized spacial score (nSPS) is 11.1. The minimum absolute atomic E-state index is 0.328. The Morgan fingerprint density at radius 2 is 1.61 bits per heavy atom. The Balaban J connectivity index is 1.25. The number of methoxy groups -OCH3 is 1. The van der Waals surface area contributed by atoms with E-state index in [9.17, 15) is 4.79 Å². The average molecular weight is 578 g/mol. The Kier molecular flexibility index (Phi) is 8.41. The summed E-state index contributed by atoms with van der Waals surface area (Å²) in [4.78, 5) is 18.1. The minimum Gasteiger partial charge on any atom is -0.493 e. The van der Waals surface area contributed by atoms with Crippen molar-refractivity contribution >= 4 is 33.8 Å². The fourth-order valence-electron chi connectivity index (χ4n) is 5.29. The first-order valence-corrected chi connectivity index (χ1v) is 14.3. The number of rotatable bonds is 10. The van der Waals surface area contributed by atoms with Crippen LogP contribution in [0.25, 0.3) is 32.9 Å². The molecule has 6 rings (SSSR count). The fraction of sp³-hybridized carbons (Fsp3) is 0.0789. The molecule has 0 fully saturated rings. The van der Waals surface area contributed by atoms with Gasteiger partial charge in [-0.15, -0.1) is 6.58 Å². The zero-order valence-electron chi connectivity index (χ0n) is 24.4. The largest absolute Gasteiger partial charge is 0.493 e. The van der Waals surface area contributed by atoms with Gasteiger partial charge < -0.3 is 9.47 Å². The first kappa shape index (κ1) is 28.4. The average Bonchev–Trinajstić information content (AvgIpc) is 3.07. The van der Waals surface area contributed by atoms with E-state index in [4.69, 9.17) is 14.5 Å². The van der Waals surface area contributed by atoms with Crippen molar-refractivity contribution < 1.29 is 14.3 Å². The summed E-state index contributed by atoms with van der Waals surface area (Å²) in [7, 11) is 1.61. The van der Waals surface area contributed by atoms with Crippen LogP contribution >= 0.6 is 0 Å². The molecule has 0 spiro atoms. The second kappa shape index (κ2) is 13.0. The quantitative estimate of drug-likeness (QED) is 0.101. The lowest BCUT2D eigenvalue weighted by Crippen LogP contribution is -2.18. The van der Waals surface area contributed by atoms with Crippen LogP contribution in [0.3, 0.4) is 0 Å². The molecule has 0 aliphatic heterocycles. The highest BCUT2D eigenvalue weighted by Crippen LogP contribution is 2.34. The van der Waals surface area contributed by atoms with E-state index in [1.807, 2.05) is 91.0 Å². The van der Waals surface area contributed by atoms with E-state index in [0.717, 1.165) is 49.6 Å². The molecule has 1 amide bonds. The maximum atomic E-state index is 13.4. The van der Waals surface area contributed by atoms with Crippen molar-refractivity contribution in [3.05, 3.63) is 150 Å². The molecule has 6 aromatic rings. The lowest BCUT2D eigenvalue weighted by atomic mass is 10.0. The van der Waals surface area contributed by atoms with Gasteiger partial charge in [0.25, 0.3) is 5.91 Å². The molecule has 0 radical (unpaired) electrons. The Morgan fingerprint density at radius 1 is 0.864 bits per heavy atom. The molecule has 6 heteroatoms. The molecule has 1 aromatic heterocycles. The van der Waals surface area contributed by atoms with Gasteiger partial charge in [0, 0.05) is 16.5 Å². The van der Waals surface area contributed by atoms with Crippen molar-refractivity contribution in [1.29, 1.82) is 0 Å². The molecule has 1 heterocycles. The van der Waals surface area contributed by atoms with E-state index in [1.54, 1.807) is 19.4 Å². The van der Waals surface area contributed by atoms with Gasteiger partial charge in [-0.2, -0.15) is 5.10 Å². The number of nitrogens with zero attached hydrogens (tertiary/aromatic N) is 2. The number of nitrogens with one attached hydrogen (secondary N) is 1. The van der Waals surface area contributed by atoms with Crippen LogP contribution in [-0.4, -0.2) is 24.2 Å². The number of amides is 1. The molecular weight excluding hydrogens is 546 g/mol. The topological polar surface area (TPSA) is 72.8 Å². The summed E-state index contributed by atoms with van der Waals surface area (Å²) < 4.78 is 12.1. The number of ether oxygens (including phenoxy) is 2. The van der Waals surface area contributed by atoms with Gasteiger partial charge in [-0.05, 0) is 52.6 Å². The zero-order valence-corrected chi connectivity index (χ0v) is 24.4. The maximum Gasteiger partial charge on any atom is 0.272 e. The zero-order chi connectivity index (χ0) is 30.3. The Hall–Kier alpha value is -5.75. The summed E-state index contributed by atoms with van der Waals surface area (Å²) in [6.07, 6.45) is 3.99. The highest BCUT2D eigenvalue weighted by atomic mass is 16.5. The van der Waals surface area contributed by atoms with E-state index < -0.39 is 0 Å². The summed E-state index contributed by atoms with van der Waals surface area (Å²) in [6, 6.07) is 37.4. The third-order valence-electron chi connectivity index (χ3n) is 7.40. The number of allylic oxidation sites excluding steroid dienone is 1. The highest BCUT2D eigenvalue weighted by Gasteiger charge is 2.15. The van der Waals surface area contributed by atoms with Gasteiger partial charge in [-0.25, -0.2) is 10.4 Å². The second-order valence-electron chi connectivity index (χ2n) is 10.3. The molecule has 0 atom stereocenters. The standard InChI is InChI=1S/C38H31N3O3/c1-3-12-29-21-26(22-36(43-2)37(29)44-25-30-17-11-16-27-13-7-8-18-31(27)30)24-39-41-38(42)33-23-35(28-14-5-4-6-15-28)40-34-20-10-9-19-32(33)34/h3-11,13-24H,1,12,25H2,2H3,(H,41,42)/b39-24+. The predicted octanol–water partition coefficient (Wildman–Crippen LogP) is 8.14. The number of aromatic nitrogens is 1. The molecule has 5 aromatic carbocycles. The van der Waals surface area contributed by atoms with E-state index in [1.165, 1.54) is 0 Å². The number of fused-ring (bicyclic) bond motifs is 2.